The summed E-state index contributed by atoms with van der Waals surface area (Å²) in [5.41, 5.74) is 1.50. The normalized spacial score (nSPS) is 11.3. The molecule has 0 saturated carbocycles. The number of benzene rings is 1. The third-order valence-electron chi connectivity index (χ3n) is 2.71. The van der Waals surface area contributed by atoms with Gasteiger partial charge in [-0.15, -0.1) is 0 Å². The summed E-state index contributed by atoms with van der Waals surface area (Å²) in [6, 6.07) is 7.20. The van der Waals surface area contributed by atoms with Gasteiger partial charge in [-0.3, -0.25) is 9.30 Å². The maximum Gasteiger partial charge on any atom is 0.246 e. The standard InChI is InChI=1S/C14H23N3O2S/c1-11(2)10-20(18,19)16-14-8-6-13(7-9-14)15-12(3)17(4)5/h6-9,11,16H,10H2,1-5H3/p+1. The molecule has 20 heavy (non-hydrogen) atoms. The molecule has 0 aromatic heterocycles. The Bertz CT molecular complexity index is 571. The highest BCUT2D eigenvalue weighted by Crippen LogP contribution is 2.15. The van der Waals surface area contributed by atoms with Crippen LogP contribution in [0.5, 0.6) is 0 Å². The molecule has 0 bridgehead atoms. The van der Waals surface area contributed by atoms with Crippen LogP contribution in [0.2, 0.25) is 0 Å². The summed E-state index contributed by atoms with van der Waals surface area (Å²) in [6.45, 7) is 5.73. The van der Waals surface area contributed by atoms with Gasteiger partial charge >= 0.3 is 0 Å². The Kier molecular flexibility index (Phi) is 5.56. The Morgan fingerprint density at radius 2 is 1.65 bits per heavy atom. The van der Waals surface area contributed by atoms with E-state index in [0.717, 1.165) is 11.5 Å². The van der Waals surface area contributed by atoms with E-state index in [1.807, 2.05) is 51.6 Å². The second-order valence-electron chi connectivity index (χ2n) is 5.46. The molecule has 0 saturated heterocycles. The molecule has 0 fully saturated rings. The largest absolute Gasteiger partial charge is 0.284 e. The summed E-state index contributed by atoms with van der Waals surface area (Å²) in [5.74, 6) is 1.24. The fourth-order valence-corrected chi connectivity index (χ4v) is 3.06. The molecular formula is C14H24N3O2S+. The average molecular weight is 298 g/mol. The van der Waals surface area contributed by atoms with Crippen LogP contribution in [-0.4, -0.2) is 38.7 Å². The van der Waals surface area contributed by atoms with E-state index in [1.165, 1.54) is 0 Å². The fraction of sp³-hybridized carbons (Fsp3) is 0.500. The lowest BCUT2D eigenvalue weighted by Gasteiger charge is -2.10. The SMILES string of the molecule is CC(Nc1ccc(NS(=O)(=O)CC(C)C)cc1)=[N+](C)C. The van der Waals surface area contributed by atoms with Crippen molar-refractivity contribution < 1.29 is 13.0 Å². The second-order valence-corrected chi connectivity index (χ2v) is 7.23. The van der Waals surface area contributed by atoms with Gasteiger partial charge in [0.15, 0.2) is 0 Å². The first-order chi connectivity index (χ1) is 9.19. The van der Waals surface area contributed by atoms with Crippen LogP contribution < -0.4 is 10.0 Å². The molecular weight excluding hydrogens is 274 g/mol. The van der Waals surface area contributed by atoms with Gasteiger partial charge in [-0.25, -0.2) is 13.7 Å². The smallest absolute Gasteiger partial charge is 0.246 e. The summed E-state index contributed by atoms with van der Waals surface area (Å²) < 4.78 is 28.2. The van der Waals surface area contributed by atoms with Crippen molar-refractivity contribution >= 4 is 27.2 Å². The molecule has 0 aliphatic carbocycles. The molecule has 0 unspecified atom stereocenters. The van der Waals surface area contributed by atoms with Crippen molar-refractivity contribution in [2.45, 2.75) is 20.8 Å². The van der Waals surface area contributed by atoms with Crippen molar-refractivity contribution in [3.05, 3.63) is 24.3 Å². The first-order valence-electron chi connectivity index (χ1n) is 6.58. The topological polar surface area (TPSA) is 61.2 Å². The van der Waals surface area contributed by atoms with Crippen LogP contribution in [0, 0.1) is 5.92 Å². The Hall–Kier alpha value is -1.56. The highest BCUT2D eigenvalue weighted by molar-refractivity contribution is 7.92. The Morgan fingerprint density at radius 1 is 1.15 bits per heavy atom. The molecule has 1 aromatic carbocycles. The monoisotopic (exact) mass is 298 g/mol. The Labute approximate surface area is 121 Å². The Balaban J connectivity index is 2.75. The highest BCUT2D eigenvalue weighted by atomic mass is 32.2. The van der Waals surface area contributed by atoms with E-state index in [-0.39, 0.29) is 11.7 Å². The molecule has 0 atom stereocenters. The number of nitrogens with zero attached hydrogens (tertiary/aromatic N) is 1. The summed E-state index contributed by atoms with van der Waals surface area (Å²) in [7, 11) is 0.643. The van der Waals surface area contributed by atoms with Crippen molar-refractivity contribution in [1.29, 1.82) is 0 Å². The maximum atomic E-state index is 11.8. The van der Waals surface area contributed by atoms with Gasteiger partial charge in [-0.05, 0) is 30.2 Å². The summed E-state index contributed by atoms with van der Waals surface area (Å²) in [5, 5.41) is 3.23. The summed E-state index contributed by atoms with van der Waals surface area (Å²) in [6.07, 6.45) is 0. The van der Waals surface area contributed by atoms with E-state index in [0.29, 0.717) is 5.69 Å². The molecule has 6 heteroatoms. The zero-order valence-electron chi connectivity index (χ0n) is 12.8. The van der Waals surface area contributed by atoms with E-state index < -0.39 is 10.0 Å². The lowest BCUT2D eigenvalue weighted by Crippen LogP contribution is -2.20. The fourth-order valence-electron chi connectivity index (χ4n) is 1.60. The van der Waals surface area contributed by atoms with Crippen LogP contribution in [0.4, 0.5) is 11.4 Å². The lowest BCUT2D eigenvalue weighted by atomic mass is 10.3. The third kappa shape index (κ3) is 5.61. The number of anilines is 2. The lowest BCUT2D eigenvalue weighted by molar-refractivity contribution is -0.464. The van der Waals surface area contributed by atoms with Gasteiger partial charge in [-0.1, -0.05) is 13.8 Å². The summed E-state index contributed by atoms with van der Waals surface area (Å²) in [4.78, 5) is 0. The minimum Gasteiger partial charge on any atom is -0.284 e. The van der Waals surface area contributed by atoms with Crippen LogP contribution >= 0.6 is 0 Å². The third-order valence-corrected chi connectivity index (χ3v) is 4.36. The van der Waals surface area contributed by atoms with Gasteiger partial charge in [0.25, 0.3) is 0 Å². The molecule has 0 spiro atoms. The van der Waals surface area contributed by atoms with Crippen molar-refractivity contribution in [1.82, 2.24) is 0 Å². The molecule has 2 N–H and O–H groups in total. The maximum absolute atomic E-state index is 11.8. The molecule has 0 aliphatic rings. The number of amidine groups is 1. The number of nitrogens with one attached hydrogen (secondary N) is 2. The Morgan fingerprint density at radius 3 is 2.10 bits per heavy atom. The van der Waals surface area contributed by atoms with E-state index in [4.69, 9.17) is 0 Å². The predicted molar refractivity (Wildman–Crippen MR) is 85.1 cm³/mol. The molecule has 112 valence electrons. The van der Waals surface area contributed by atoms with Gasteiger partial charge in [0, 0.05) is 12.6 Å². The van der Waals surface area contributed by atoms with E-state index >= 15 is 0 Å². The number of rotatable bonds is 5. The van der Waals surface area contributed by atoms with E-state index in [9.17, 15) is 8.42 Å². The van der Waals surface area contributed by atoms with Crippen LogP contribution in [0.15, 0.2) is 24.3 Å². The number of hydrogen-bond acceptors (Lipinski definition) is 2. The van der Waals surface area contributed by atoms with Crippen molar-refractivity contribution in [3.63, 3.8) is 0 Å². The summed E-state index contributed by atoms with van der Waals surface area (Å²) >= 11 is 0. The van der Waals surface area contributed by atoms with Gasteiger partial charge in [0.1, 0.15) is 5.69 Å². The van der Waals surface area contributed by atoms with Crippen LogP contribution in [0.25, 0.3) is 0 Å². The minimum absolute atomic E-state index is 0.103. The molecule has 0 heterocycles. The van der Waals surface area contributed by atoms with Gasteiger partial charge in [0.2, 0.25) is 15.9 Å². The highest BCUT2D eigenvalue weighted by Gasteiger charge is 2.13. The molecule has 0 radical (unpaired) electrons. The van der Waals surface area contributed by atoms with Crippen LogP contribution in [-0.2, 0) is 10.0 Å². The molecule has 0 amide bonds. The average Bonchev–Trinajstić information content (AvgIpc) is 2.29. The van der Waals surface area contributed by atoms with Crippen molar-refractivity contribution in [2.75, 3.05) is 29.9 Å². The van der Waals surface area contributed by atoms with E-state index in [1.54, 1.807) is 12.1 Å². The zero-order valence-corrected chi connectivity index (χ0v) is 13.6. The first-order valence-corrected chi connectivity index (χ1v) is 8.23. The molecule has 0 aliphatic heterocycles. The van der Waals surface area contributed by atoms with Gasteiger partial charge in [-0.2, -0.15) is 0 Å². The zero-order chi connectivity index (χ0) is 15.3. The van der Waals surface area contributed by atoms with Crippen molar-refractivity contribution in [2.24, 2.45) is 5.92 Å². The predicted octanol–water partition coefficient (Wildman–Crippen LogP) is 2.19. The van der Waals surface area contributed by atoms with Gasteiger partial charge in [0.05, 0.1) is 19.8 Å². The second kappa shape index (κ2) is 6.74. The molecule has 1 rings (SSSR count). The number of sulfonamides is 1. The number of hydrogen-bond donors (Lipinski definition) is 2. The minimum atomic E-state index is -3.27. The van der Waals surface area contributed by atoms with Crippen LogP contribution in [0.1, 0.15) is 20.8 Å². The first kappa shape index (κ1) is 16.5. The molecule has 5 nitrogen and oxygen atoms in total. The quantitative estimate of drug-likeness (QED) is 0.497. The molecule has 1 aromatic rings. The van der Waals surface area contributed by atoms with Crippen molar-refractivity contribution in [3.8, 4) is 0 Å². The van der Waals surface area contributed by atoms with Gasteiger partial charge < -0.3 is 0 Å². The van der Waals surface area contributed by atoms with Crippen LogP contribution in [0.3, 0.4) is 0 Å². The van der Waals surface area contributed by atoms with E-state index in [2.05, 4.69) is 10.0 Å².